The third-order valence-electron chi connectivity index (χ3n) is 2.22. The number of benzene rings is 2. The van der Waals surface area contributed by atoms with Crippen LogP contribution in [0.5, 0.6) is 11.5 Å². The Balaban J connectivity index is 2.61. The molecule has 2 aromatic rings. The van der Waals surface area contributed by atoms with Crippen LogP contribution in [0.25, 0.3) is 11.1 Å². The van der Waals surface area contributed by atoms with Crippen molar-refractivity contribution in [2.75, 3.05) is 0 Å². The van der Waals surface area contributed by atoms with Crippen molar-refractivity contribution in [1.29, 1.82) is 0 Å². The van der Waals surface area contributed by atoms with Crippen molar-refractivity contribution < 1.29 is 10.2 Å². The van der Waals surface area contributed by atoms with Crippen LogP contribution in [0, 0.1) is 0 Å². The monoisotopic (exact) mass is 254 g/mol. The Morgan fingerprint density at radius 2 is 1.69 bits per heavy atom. The highest BCUT2D eigenvalue weighted by atomic mass is 35.5. The number of hydrogen-bond donors (Lipinski definition) is 2. The van der Waals surface area contributed by atoms with Crippen LogP contribution < -0.4 is 0 Å². The van der Waals surface area contributed by atoms with Gasteiger partial charge in [0.15, 0.2) is 5.75 Å². The zero-order valence-corrected chi connectivity index (χ0v) is 9.63. The summed E-state index contributed by atoms with van der Waals surface area (Å²) in [4.78, 5) is 0. The summed E-state index contributed by atoms with van der Waals surface area (Å²) in [5.41, 5.74) is 1.34. The lowest BCUT2D eigenvalue weighted by Gasteiger charge is -2.07. The Morgan fingerprint density at radius 1 is 0.938 bits per heavy atom. The van der Waals surface area contributed by atoms with Crippen LogP contribution in [0.2, 0.25) is 10.0 Å². The van der Waals surface area contributed by atoms with E-state index >= 15 is 0 Å². The summed E-state index contributed by atoms with van der Waals surface area (Å²) in [5.74, 6) is -0.00724. The van der Waals surface area contributed by atoms with Gasteiger partial charge in [0.05, 0.1) is 10.0 Å². The molecule has 2 nitrogen and oxygen atoms in total. The zero-order chi connectivity index (χ0) is 11.7. The summed E-state index contributed by atoms with van der Waals surface area (Å²) in [6.07, 6.45) is 0. The molecule has 0 radical (unpaired) electrons. The molecule has 4 heteroatoms. The van der Waals surface area contributed by atoms with Gasteiger partial charge < -0.3 is 10.2 Å². The summed E-state index contributed by atoms with van der Waals surface area (Å²) in [5, 5.41) is 19.3. The molecule has 0 bridgehead atoms. The summed E-state index contributed by atoms with van der Waals surface area (Å²) in [6.45, 7) is 0. The minimum atomic E-state index is -0.149. The van der Waals surface area contributed by atoms with E-state index in [1.165, 1.54) is 0 Å². The first-order chi connectivity index (χ1) is 7.59. The molecule has 2 rings (SSSR count). The quantitative estimate of drug-likeness (QED) is 0.806. The average molecular weight is 255 g/mol. The van der Waals surface area contributed by atoms with E-state index in [0.29, 0.717) is 5.56 Å². The highest BCUT2D eigenvalue weighted by Gasteiger charge is 2.11. The van der Waals surface area contributed by atoms with Gasteiger partial charge >= 0.3 is 0 Å². The lowest BCUT2D eigenvalue weighted by molar-refractivity contribution is 0.474. The number of hydrogen-bond acceptors (Lipinski definition) is 2. The summed E-state index contributed by atoms with van der Waals surface area (Å²) in [7, 11) is 0. The molecule has 16 heavy (non-hydrogen) atoms. The number of halogens is 2. The molecule has 2 N–H and O–H groups in total. The third-order valence-corrected chi connectivity index (χ3v) is 2.91. The molecule has 0 aliphatic carbocycles. The van der Waals surface area contributed by atoms with Gasteiger partial charge in [0.2, 0.25) is 0 Å². The van der Waals surface area contributed by atoms with E-state index in [2.05, 4.69) is 0 Å². The molecule has 0 atom stereocenters. The average Bonchev–Trinajstić information content (AvgIpc) is 2.26. The van der Waals surface area contributed by atoms with Crippen molar-refractivity contribution in [2.45, 2.75) is 0 Å². The molecule has 82 valence electrons. The summed E-state index contributed by atoms with van der Waals surface area (Å²) in [6, 6.07) is 9.87. The maximum Gasteiger partial charge on any atom is 0.153 e. The first kappa shape index (κ1) is 11.1. The first-order valence-electron chi connectivity index (χ1n) is 4.56. The second-order valence-corrected chi connectivity index (χ2v) is 4.09. The standard InChI is InChI=1S/C12H8Cl2O2/c13-10-5-4-9(11(14)12(10)16)7-2-1-3-8(15)6-7/h1-6,15-16H. The van der Waals surface area contributed by atoms with Crippen molar-refractivity contribution in [3.8, 4) is 22.6 Å². The fourth-order valence-electron chi connectivity index (χ4n) is 1.44. The lowest BCUT2D eigenvalue weighted by atomic mass is 10.1. The van der Waals surface area contributed by atoms with Crippen molar-refractivity contribution in [3.05, 3.63) is 46.4 Å². The van der Waals surface area contributed by atoms with Gasteiger partial charge in [-0.2, -0.15) is 0 Å². The van der Waals surface area contributed by atoms with Crippen LogP contribution >= 0.6 is 23.2 Å². The predicted molar refractivity (Wildman–Crippen MR) is 65.2 cm³/mol. The molecule has 0 spiro atoms. The number of rotatable bonds is 1. The molecule has 0 saturated carbocycles. The maximum absolute atomic E-state index is 9.59. The molecular formula is C12H8Cl2O2. The van der Waals surface area contributed by atoms with Gasteiger partial charge in [0, 0.05) is 5.56 Å². The molecule has 0 unspecified atom stereocenters. The van der Waals surface area contributed by atoms with E-state index in [0.717, 1.165) is 5.56 Å². The summed E-state index contributed by atoms with van der Waals surface area (Å²) < 4.78 is 0. The van der Waals surface area contributed by atoms with E-state index in [4.69, 9.17) is 23.2 Å². The van der Waals surface area contributed by atoms with E-state index in [1.54, 1.807) is 36.4 Å². The largest absolute Gasteiger partial charge is 0.508 e. The van der Waals surface area contributed by atoms with Crippen molar-refractivity contribution in [2.24, 2.45) is 0 Å². The van der Waals surface area contributed by atoms with Gasteiger partial charge in [0.25, 0.3) is 0 Å². The Labute approximate surface area is 103 Å². The Kier molecular flexibility index (Phi) is 2.95. The SMILES string of the molecule is Oc1cccc(-c2ccc(Cl)c(O)c2Cl)c1. The highest BCUT2D eigenvalue weighted by Crippen LogP contribution is 2.39. The van der Waals surface area contributed by atoms with Crippen molar-refractivity contribution >= 4 is 23.2 Å². The molecule has 0 aliphatic rings. The topological polar surface area (TPSA) is 40.5 Å². The third kappa shape index (κ3) is 1.94. The zero-order valence-electron chi connectivity index (χ0n) is 8.11. The molecule has 0 saturated heterocycles. The van der Waals surface area contributed by atoms with Crippen LogP contribution in [0.15, 0.2) is 36.4 Å². The molecule has 0 aliphatic heterocycles. The second kappa shape index (κ2) is 4.24. The number of aromatic hydroxyl groups is 2. The molecular weight excluding hydrogens is 247 g/mol. The Bertz CT molecular complexity index is 539. The molecule has 0 fully saturated rings. The maximum atomic E-state index is 9.59. The van der Waals surface area contributed by atoms with Crippen LogP contribution in [-0.2, 0) is 0 Å². The van der Waals surface area contributed by atoms with Crippen LogP contribution in [0.4, 0.5) is 0 Å². The smallest absolute Gasteiger partial charge is 0.153 e. The lowest BCUT2D eigenvalue weighted by Crippen LogP contribution is -1.81. The van der Waals surface area contributed by atoms with Gasteiger partial charge in [-0.05, 0) is 23.8 Å². The van der Waals surface area contributed by atoms with Crippen LogP contribution in [-0.4, -0.2) is 10.2 Å². The normalized spacial score (nSPS) is 10.4. The Hall–Kier alpha value is -1.38. The van der Waals surface area contributed by atoms with Crippen molar-refractivity contribution in [1.82, 2.24) is 0 Å². The van der Waals surface area contributed by atoms with Crippen molar-refractivity contribution in [3.63, 3.8) is 0 Å². The molecule has 0 aromatic heterocycles. The summed E-state index contributed by atoms with van der Waals surface area (Å²) >= 11 is 11.7. The fraction of sp³-hybridized carbons (Fsp3) is 0. The molecule has 2 aromatic carbocycles. The number of phenols is 2. The highest BCUT2D eigenvalue weighted by molar-refractivity contribution is 6.38. The first-order valence-corrected chi connectivity index (χ1v) is 5.31. The molecule has 0 heterocycles. The Morgan fingerprint density at radius 3 is 2.38 bits per heavy atom. The van der Waals surface area contributed by atoms with Gasteiger partial charge in [-0.15, -0.1) is 0 Å². The molecule has 0 amide bonds. The van der Waals surface area contributed by atoms with Crippen LogP contribution in [0.1, 0.15) is 0 Å². The minimum absolute atomic E-state index is 0.142. The number of phenolic OH excluding ortho intramolecular Hbond substituents is 2. The van der Waals surface area contributed by atoms with Gasteiger partial charge in [-0.1, -0.05) is 41.4 Å². The van der Waals surface area contributed by atoms with Gasteiger partial charge in [0.1, 0.15) is 5.75 Å². The fourth-order valence-corrected chi connectivity index (χ4v) is 1.92. The van der Waals surface area contributed by atoms with Gasteiger partial charge in [-0.3, -0.25) is 0 Å². The predicted octanol–water partition coefficient (Wildman–Crippen LogP) is 4.07. The van der Waals surface area contributed by atoms with E-state index in [1.807, 2.05) is 0 Å². The van der Waals surface area contributed by atoms with Gasteiger partial charge in [-0.25, -0.2) is 0 Å². The van der Waals surface area contributed by atoms with E-state index < -0.39 is 0 Å². The second-order valence-electron chi connectivity index (χ2n) is 3.31. The van der Waals surface area contributed by atoms with E-state index in [9.17, 15) is 10.2 Å². The van der Waals surface area contributed by atoms with E-state index in [-0.39, 0.29) is 21.5 Å². The van der Waals surface area contributed by atoms with Crippen LogP contribution in [0.3, 0.4) is 0 Å². The minimum Gasteiger partial charge on any atom is -0.508 e.